The van der Waals surface area contributed by atoms with Crippen molar-refractivity contribution in [2.75, 3.05) is 10.6 Å². The van der Waals surface area contributed by atoms with Crippen molar-refractivity contribution < 1.29 is 44.9 Å². The van der Waals surface area contributed by atoms with Crippen molar-refractivity contribution in [1.82, 2.24) is 0 Å². The van der Waals surface area contributed by atoms with Crippen LogP contribution in [0.5, 0.6) is 57.5 Å². The van der Waals surface area contributed by atoms with E-state index >= 15 is 0 Å². The maximum absolute atomic E-state index is 13.7. The number of hydrogen-bond donors (Lipinski definition) is 8. The highest BCUT2D eigenvalue weighted by Gasteiger charge is 2.27. The maximum atomic E-state index is 13.7. The van der Waals surface area contributed by atoms with E-state index in [0.29, 0.717) is 56.4 Å². The van der Waals surface area contributed by atoms with Gasteiger partial charge in [0, 0.05) is 50.8 Å². The van der Waals surface area contributed by atoms with Crippen LogP contribution in [0.1, 0.15) is 27.0 Å². The number of fused-ring (bicyclic) bond motifs is 2. The number of carbonyl (C=O) groups excluding carboxylic acids is 1. The molecule has 0 aliphatic heterocycles. The van der Waals surface area contributed by atoms with Crippen molar-refractivity contribution in [3.8, 4) is 68.6 Å². The molecule has 0 spiro atoms. The first-order valence-corrected chi connectivity index (χ1v) is 18.6. The summed E-state index contributed by atoms with van der Waals surface area (Å²) in [5, 5.41) is 74.3. The first-order chi connectivity index (χ1) is 28.5. The summed E-state index contributed by atoms with van der Waals surface area (Å²) in [5.41, 5.74) is 2.52. The minimum absolute atomic E-state index is 0.0372. The number of amides is 1. The molecule has 1 amide bonds. The highest BCUT2D eigenvalue weighted by atomic mass is 16.5. The lowest BCUT2D eigenvalue weighted by Crippen LogP contribution is -2.13. The molecule has 294 valence electrons. The number of rotatable bonds is 10. The lowest BCUT2D eigenvalue weighted by Gasteiger charge is -2.20. The summed E-state index contributed by atoms with van der Waals surface area (Å²) in [6.45, 7) is 3.48. The largest absolute Gasteiger partial charge is 0.507 e. The molecule has 0 aromatic heterocycles. The summed E-state index contributed by atoms with van der Waals surface area (Å²) >= 11 is 0. The lowest BCUT2D eigenvalue weighted by molar-refractivity contribution is 0.102. The molecule has 8 N–H and O–H groups in total. The zero-order valence-electron chi connectivity index (χ0n) is 31.8. The summed E-state index contributed by atoms with van der Waals surface area (Å²) in [4.78, 5) is 13.7. The Labute approximate surface area is 338 Å². The van der Waals surface area contributed by atoms with Crippen molar-refractivity contribution in [2.45, 2.75) is 20.4 Å². The molecule has 0 radical (unpaired) electrons. The Morgan fingerprint density at radius 1 is 0.492 bits per heavy atom. The number of phenolic OH excluding ortho intramolecular Hbond substituents is 6. The average Bonchev–Trinajstić information content (AvgIpc) is 3.23. The molecule has 0 saturated carbocycles. The van der Waals surface area contributed by atoms with Gasteiger partial charge in [-0.15, -0.1) is 0 Å². The molecule has 0 bridgehead atoms. The number of nitrogens with one attached hydrogen (secondary N) is 2. The molecule has 0 heterocycles. The van der Waals surface area contributed by atoms with Gasteiger partial charge in [0.05, 0.1) is 5.56 Å². The van der Waals surface area contributed by atoms with Gasteiger partial charge in [-0.05, 0) is 121 Å². The van der Waals surface area contributed by atoms with Crippen LogP contribution in [-0.2, 0) is 6.54 Å². The monoisotopic (exact) mass is 786 g/mol. The van der Waals surface area contributed by atoms with Crippen LogP contribution in [0.25, 0.3) is 32.7 Å². The zero-order chi connectivity index (χ0) is 41.4. The van der Waals surface area contributed by atoms with Gasteiger partial charge in [0.15, 0.2) is 23.0 Å². The minimum atomic E-state index is -0.746. The number of aryl methyl sites for hydroxylation is 2. The van der Waals surface area contributed by atoms with Crippen molar-refractivity contribution >= 4 is 38.8 Å². The normalized spacial score (nSPS) is 11.1. The Hall–Kier alpha value is -8.05. The number of phenols is 6. The van der Waals surface area contributed by atoms with Crippen LogP contribution in [0, 0.1) is 13.8 Å². The molecule has 11 heteroatoms. The Kier molecular flexibility index (Phi) is 9.93. The van der Waals surface area contributed by atoms with Crippen molar-refractivity contribution in [2.24, 2.45) is 0 Å². The van der Waals surface area contributed by atoms with E-state index in [4.69, 9.17) is 9.47 Å². The summed E-state index contributed by atoms with van der Waals surface area (Å²) in [5.74, 6) is -1.01. The van der Waals surface area contributed by atoms with Gasteiger partial charge in [-0.3, -0.25) is 4.79 Å². The Morgan fingerprint density at radius 2 is 0.932 bits per heavy atom. The molecule has 0 atom stereocenters. The van der Waals surface area contributed by atoms with E-state index < -0.39 is 23.2 Å². The highest BCUT2D eigenvalue weighted by Crippen LogP contribution is 2.51. The van der Waals surface area contributed by atoms with Gasteiger partial charge < -0.3 is 50.7 Å². The first-order valence-electron chi connectivity index (χ1n) is 18.6. The zero-order valence-corrected chi connectivity index (χ0v) is 31.8. The number of benzene rings is 8. The first kappa shape index (κ1) is 37.9. The number of para-hydroxylation sites is 2. The Bertz CT molecular complexity index is 2880. The quantitative estimate of drug-likeness (QED) is 0.0621. The van der Waals surface area contributed by atoms with Crippen LogP contribution in [0.15, 0.2) is 133 Å². The number of hydrogen-bond acceptors (Lipinski definition) is 10. The van der Waals surface area contributed by atoms with Gasteiger partial charge in [0.1, 0.15) is 34.5 Å². The maximum Gasteiger partial charge on any atom is 0.260 e. The van der Waals surface area contributed by atoms with E-state index in [1.807, 2.05) is 72.8 Å². The fourth-order valence-corrected chi connectivity index (χ4v) is 7.25. The van der Waals surface area contributed by atoms with E-state index in [1.54, 1.807) is 62.4 Å². The average molecular weight is 787 g/mol. The summed E-state index contributed by atoms with van der Waals surface area (Å²) in [7, 11) is 0. The third kappa shape index (κ3) is 7.36. The Balaban J connectivity index is 1.11. The number of aromatic hydroxyl groups is 6. The summed E-state index contributed by atoms with van der Waals surface area (Å²) in [6, 6.07) is 38.1. The van der Waals surface area contributed by atoms with Gasteiger partial charge in [-0.25, -0.2) is 0 Å². The molecular formula is C48H38N2O9. The molecule has 0 saturated heterocycles. The third-order valence-electron chi connectivity index (χ3n) is 10.1. The second kappa shape index (κ2) is 15.5. The van der Waals surface area contributed by atoms with Crippen molar-refractivity contribution in [3.63, 3.8) is 0 Å². The molecule has 0 unspecified atom stereocenters. The minimum Gasteiger partial charge on any atom is -0.507 e. The molecule has 8 aromatic carbocycles. The summed E-state index contributed by atoms with van der Waals surface area (Å²) < 4.78 is 11.7. The van der Waals surface area contributed by atoms with E-state index in [9.17, 15) is 35.4 Å². The molecule has 0 aliphatic rings. The van der Waals surface area contributed by atoms with E-state index in [-0.39, 0.29) is 56.6 Å². The SMILES string of the molecule is Cc1cc2c(CNc3ccc(Oc4ccccc4)cc3)c(O)c(O)cc2c(O)c1-c1c(C)cc2c(C(=O)Nc3ccc(Oc4ccccc4)cc3)c(O)c(O)cc2c1O. The molecule has 11 nitrogen and oxygen atoms in total. The molecular weight excluding hydrogens is 749 g/mol. The lowest BCUT2D eigenvalue weighted by atomic mass is 9.87. The van der Waals surface area contributed by atoms with Crippen LogP contribution < -0.4 is 20.1 Å². The van der Waals surface area contributed by atoms with Gasteiger partial charge in [-0.2, -0.15) is 0 Å². The predicted molar refractivity (Wildman–Crippen MR) is 228 cm³/mol. The van der Waals surface area contributed by atoms with Crippen LogP contribution in [0.3, 0.4) is 0 Å². The van der Waals surface area contributed by atoms with Crippen molar-refractivity contribution in [3.05, 3.63) is 156 Å². The highest BCUT2D eigenvalue weighted by molar-refractivity contribution is 6.18. The fraction of sp³-hybridized carbons (Fsp3) is 0.0625. The predicted octanol–water partition coefficient (Wildman–Crippen LogP) is 11.0. The van der Waals surface area contributed by atoms with Crippen LogP contribution in [0.2, 0.25) is 0 Å². The number of anilines is 2. The summed E-state index contributed by atoms with van der Waals surface area (Å²) in [6.07, 6.45) is 0. The van der Waals surface area contributed by atoms with Gasteiger partial charge in [0.25, 0.3) is 5.91 Å². The van der Waals surface area contributed by atoms with E-state index in [2.05, 4.69) is 10.6 Å². The number of ether oxygens (including phenoxy) is 2. The van der Waals surface area contributed by atoms with Crippen molar-refractivity contribution in [1.29, 1.82) is 0 Å². The van der Waals surface area contributed by atoms with E-state index in [0.717, 1.165) is 6.07 Å². The van der Waals surface area contributed by atoms with Gasteiger partial charge >= 0.3 is 0 Å². The molecule has 8 aromatic rings. The second-order valence-electron chi connectivity index (χ2n) is 14.1. The van der Waals surface area contributed by atoms with Crippen LogP contribution in [-0.4, -0.2) is 36.5 Å². The molecule has 59 heavy (non-hydrogen) atoms. The molecule has 0 aliphatic carbocycles. The van der Waals surface area contributed by atoms with Crippen LogP contribution >= 0.6 is 0 Å². The standard InChI is InChI=1S/C48H38N2O9/c1-26-21-34-36(23-39(51)44(53)38(34)25-49-28-13-17-32(18-14-28)58-30-9-5-3-6-10-30)45(54)41(26)42-27(2)22-35-37(46(42)55)24-40(52)47(56)43(35)48(57)50-29-15-19-33(20-16-29)59-31-11-7-4-8-12-31/h3-24,49,51-56H,25H2,1-2H3,(H,50,57). The third-order valence-corrected chi connectivity index (χ3v) is 10.1. The van der Waals surface area contributed by atoms with Gasteiger partial charge in [-0.1, -0.05) is 42.5 Å². The Morgan fingerprint density at radius 3 is 1.46 bits per heavy atom. The smallest absolute Gasteiger partial charge is 0.260 e. The molecule has 0 fully saturated rings. The second-order valence-corrected chi connectivity index (χ2v) is 14.1. The molecule has 8 rings (SSSR count). The van der Waals surface area contributed by atoms with Gasteiger partial charge in [0.2, 0.25) is 0 Å². The fourth-order valence-electron chi connectivity index (χ4n) is 7.25. The topological polar surface area (TPSA) is 181 Å². The van der Waals surface area contributed by atoms with E-state index in [1.165, 1.54) is 6.07 Å². The van der Waals surface area contributed by atoms with Crippen LogP contribution in [0.4, 0.5) is 11.4 Å². The number of carbonyl (C=O) groups is 1.